The van der Waals surface area contributed by atoms with Crippen molar-refractivity contribution in [3.63, 3.8) is 0 Å². The van der Waals surface area contributed by atoms with Crippen LogP contribution < -0.4 is 5.32 Å². The van der Waals surface area contributed by atoms with Crippen LogP contribution in [0.4, 0.5) is 5.69 Å². The van der Waals surface area contributed by atoms with Gasteiger partial charge in [0.2, 0.25) is 0 Å². The number of nitrogens with one attached hydrogen (secondary N) is 1. The molecule has 1 amide bonds. The van der Waals surface area contributed by atoms with E-state index in [0.29, 0.717) is 19.6 Å². The molecule has 0 saturated carbocycles. The van der Waals surface area contributed by atoms with E-state index in [2.05, 4.69) is 10.2 Å². The summed E-state index contributed by atoms with van der Waals surface area (Å²) >= 11 is 0. The molecule has 2 heterocycles. The van der Waals surface area contributed by atoms with Crippen LogP contribution in [0, 0.1) is 6.57 Å². The maximum atomic E-state index is 12.7. The lowest BCUT2D eigenvalue weighted by Crippen LogP contribution is -2.47. The van der Waals surface area contributed by atoms with Gasteiger partial charge >= 0.3 is 0 Å². The van der Waals surface area contributed by atoms with Crippen LogP contribution in [0.3, 0.4) is 0 Å². The van der Waals surface area contributed by atoms with Gasteiger partial charge in [-0.3, -0.25) is 9.64 Å². The summed E-state index contributed by atoms with van der Waals surface area (Å²) in [4.78, 5) is 18.4. The molecule has 5 nitrogen and oxygen atoms in total. The van der Waals surface area contributed by atoms with Crippen molar-refractivity contribution in [2.45, 2.75) is 44.7 Å². The van der Waals surface area contributed by atoms with Gasteiger partial charge in [0.25, 0.3) is 12.1 Å². The van der Waals surface area contributed by atoms with E-state index in [1.807, 2.05) is 43.0 Å². The fraction of sp³-hybridized carbons (Fsp3) is 0.500. The lowest BCUT2D eigenvalue weighted by molar-refractivity contribution is -0.141. The number of para-hydroxylation sites is 1. The van der Waals surface area contributed by atoms with Gasteiger partial charge in [-0.05, 0) is 19.9 Å². The van der Waals surface area contributed by atoms with Gasteiger partial charge in [0.1, 0.15) is 0 Å². The number of hydrogen-bond donors (Lipinski definition) is 1. The number of carbonyl (C=O) groups is 1. The third-order valence-corrected chi connectivity index (χ3v) is 4.33. The molecule has 0 aromatic heterocycles. The molecule has 1 spiro atoms. The van der Waals surface area contributed by atoms with Crippen LogP contribution in [-0.2, 0) is 16.1 Å². The van der Waals surface area contributed by atoms with Gasteiger partial charge in [-0.15, -0.1) is 0 Å². The summed E-state index contributed by atoms with van der Waals surface area (Å²) in [5, 5.41) is 2.97. The third kappa shape index (κ3) is 2.31. The first-order chi connectivity index (χ1) is 10.1. The highest BCUT2D eigenvalue weighted by Crippen LogP contribution is 2.37. The van der Waals surface area contributed by atoms with E-state index in [4.69, 9.17) is 11.3 Å². The first-order valence-corrected chi connectivity index (χ1v) is 7.21. The molecule has 1 saturated heterocycles. The fourth-order valence-electron chi connectivity index (χ4n) is 3.08. The van der Waals surface area contributed by atoms with Crippen molar-refractivity contribution in [1.82, 2.24) is 4.90 Å². The van der Waals surface area contributed by atoms with Crippen molar-refractivity contribution in [2.24, 2.45) is 0 Å². The standard InChI is InChI=1S/C16H19N3O2/c1-11(2)19-10-16(8-14(19)17-3)15(20)18-13-7-5-4-6-12(13)9-21-16/h4-7,11,14H,8-10H2,1-2H3,(H,18,20)/t14-,16+/m0/s1. The zero-order valence-electron chi connectivity index (χ0n) is 12.3. The van der Waals surface area contributed by atoms with Crippen LogP contribution in [-0.4, -0.2) is 35.2 Å². The number of amides is 1. The van der Waals surface area contributed by atoms with E-state index >= 15 is 0 Å². The van der Waals surface area contributed by atoms with Gasteiger partial charge in [0.05, 0.1) is 13.0 Å². The monoisotopic (exact) mass is 285 g/mol. The predicted molar refractivity (Wildman–Crippen MR) is 79.4 cm³/mol. The summed E-state index contributed by atoms with van der Waals surface area (Å²) in [6.07, 6.45) is 0.131. The molecule has 2 atom stereocenters. The summed E-state index contributed by atoms with van der Waals surface area (Å²) in [6.45, 7) is 12.3. The number of nitrogens with zero attached hydrogens (tertiary/aromatic N) is 2. The molecule has 1 aromatic carbocycles. The highest BCUT2D eigenvalue weighted by Gasteiger charge is 2.55. The number of hydrogen-bond acceptors (Lipinski definition) is 3. The van der Waals surface area contributed by atoms with Crippen LogP contribution >= 0.6 is 0 Å². The van der Waals surface area contributed by atoms with E-state index in [0.717, 1.165) is 11.3 Å². The molecule has 2 aliphatic heterocycles. The molecular formula is C16H19N3O2. The van der Waals surface area contributed by atoms with Gasteiger partial charge < -0.3 is 10.1 Å². The van der Waals surface area contributed by atoms with Crippen molar-refractivity contribution in [3.05, 3.63) is 41.2 Å². The first kappa shape index (κ1) is 14.1. The van der Waals surface area contributed by atoms with Gasteiger partial charge in [0.15, 0.2) is 5.60 Å². The van der Waals surface area contributed by atoms with Crippen molar-refractivity contribution >= 4 is 11.6 Å². The average Bonchev–Trinajstić information content (AvgIpc) is 2.80. The van der Waals surface area contributed by atoms with Crippen molar-refractivity contribution in [1.29, 1.82) is 0 Å². The minimum Gasteiger partial charge on any atom is -0.359 e. The van der Waals surface area contributed by atoms with Crippen LogP contribution in [0.2, 0.25) is 0 Å². The highest BCUT2D eigenvalue weighted by molar-refractivity contribution is 5.99. The topological polar surface area (TPSA) is 45.9 Å². The zero-order chi connectivity index (χ0) is 15.0. The Hall–Kier alpha value is -1.90. The molecule has 2 aliphatic rings. The normalized spacial score (nSPS) is 29.0. The van der Waals surface area contributed by atoms with Crippen LogP contribution in [0.15, 0.2) is 24.3 Å². The molecule has 21 heavy (non-hydrogen) atoms. The maximum Gasteiger partial charge on any atom is 0.283 e. The molecule has 1 aromatic rings. The van der Waals surface area contributed by atoms with E-state index < -0.39 is 5.60 Å². The molecule has 3 rings (SSSR count). The Bertz CT molecular complexity index is 608. The second-order valence-corrected chi connectivity index (χ2v) is 5.97. The lowest BCUT2D eigenvalue weighted by Gasteiger charge is -2.26. The zero-order valence-corrected chi connectivity index (χ0v) is 12.3. The van der Waals surface area contributed by atoms with Crippen LogP contribution in [0.5, 0.6) is 0 Å². The molecule has 0 radical (unpaired) electrons. The third-order valence-electron chi connectivity index (χ3n) is 4.33. The number of carbonyl (C=O) groups excluding carboxylic acids is 1. The van der Waals surface area contributed by atoms with Crippen molar-refractivity contribution < 1.29 is 9.53 Å². The second-order valence-electron chi connectivity index (χ2n) is 5.97. The van der Waals surface area contributed by atoms with Crippen LogP contribution in [0.25, 0.3) is 4.85 Å². The van der Waals surface area contributed by atoms with Crippen LogP contribution in [0.1, 0.15) is 25.8 Å². The highest BCUT2D eigenvalue weighted by atomic mass is 16.5. The molecule has 0 unspecified atom stereocenters. The number of benzene rings is 1. The smallest absolute Gasteiger partial charge is 0.283 e. The summed E-state index contributed by atoms with van der Waals surface area (Å²) in [7, 11) is 0. The van der Waals surface area contributed by atoms with Gasteiger partial charge in [-0.2, -0.15) is 0 Å². The van der Waals surface area contributed by atoms with Crippen molar-refractivity contribution in [2.75, 3.05) is 11.9 Å². The van der Waals surface area contributed by atoms with E-state index in [1.165, 1.54) is 0 Å². The lowest BCUT2D eigenvalue weighted by atomic mass is 10.0. The SMILES string of the molecule is [C-]#[N+][C@@H]1C[C@]2(CN1C(C)C)OCc1ccccc1NC2=O. The summed E-state index contributed by atoms with van der Waals surface area (Å²) in [6, 6.07) is 7.88. The van der Waals surface area contributed by atoms with Crippen molar-refractivity contribution in [3.8, 4) is 0 Å². The number of anilines is 1. The Labute approximate surface area is 124 Å². The number of likely N-dealkylation sites (tertiary alicyclic amines) is 1. The Morgan fingerprint density at radius 2 is 2.24 bits per heavy atom. The molecule has 110 valence electrons. The number of ether oxygens (including phenoxy) is 1. The summed E-state index contributed by atoms with van der Waals surface area (Å²) in [5.74, 6) is -0.135. The van der Waals surface area contributed by atoms with Gasteiger partial charge in [0, 0.05) is 23.8 Å². The Morgan fingerprint density at radius 3 is 2.90 bits per heavy atom. The van der Waals surface area contributed by atoms with Gasteiger partial charge in [-0.25, -0.2) is 11.5 Å². The number of fused-ring (bicyclic) bond motifs is 1. The molecular weight excluding hydrogens is 266 g/mol. The van der Waals surface area contributed by atoms with E-state index in [9.17, 15) is 4.79 Å². The Morgan fingerprint density at radius 1 is 1.48 bits per heavy atom. The van der Waals surface area contributed by atoms with E-state index in [-0.39, 0.29) is 18.1 Å². The summed E-state index contributed by atoms with van der Waals surface area (Å²) in [5.41, 5.74) is 0.866. The first-order valence-electron chi connectivity index (χ1n) is 7.21. The number of rotatable bonds is 1. The molecule has 0 aliphatic carbocycles. The molecule has 0 bridgehead atoms. The second kappa shape index (κ2) is 5.14. The molecule has 5 heteroatoms. The molecule has 1 fully saturated rings. The fourth-order valence-corrected chi connectivity index (χ4v) is 3.08. The molecule has 1 N–H and O–H groups in total. The Balaban J connectivity index is 1.91. The largest absolute Gasteiger partial charge is 0.359 e. The quantitative estimate of drug-likeness (QED) is 0.805. The maximum absolute atomic E-state index is 12.7. The minimum atomic E-state index is -0.918. The van der Waals surface area contributed by atoms with Gasteiger partial charge in [-0.1, -0.05) is 18.2 Å². The van der Waals surface area contributed by atoms with E-state index in [1.54, 1.807) is 0 Å². The Kier molecular flexibility index (Phi) is 3.44. The predicted octanol–water partition coefficient (Wildman–Crippen LogP) is 2.25. The average molecular weight is 285 g/mol. The summed E-state index contributed by atoms with van der Waals surface area (Å²) < 4.78 is 6.01. The minimum absolute atomic E-state index is 0.135.